The van der Waals surface area contributed by atoms with Crippen LogP contribution < -0.4 is 10.2 Å². The average molecular weight is 574 g/mol. The van der Waals surface area contributed by atoms with Gasteiger partial charge in [0.25, 0.3) is 0 Å². The van der Waals surface area contributed by atoms with Crippen LogP contribution in [0.15, 0.2) is 0 Å². The van der Waals surface area contributed by atoms with Crippen molar-refractivity contribution >= 4 is 11.9 Å². The van der Waals surface area contributed by atoms with Gasteiger partial charge in [0.05, 0.1) is 0 Å². The first-order valence-electron chi connectivity index (χ1n) is 14.9. The zero-order valence-electron chi connectivity index (χ0n) is 23.5. The molecule has 0 spiro atoms. The van der Waals surface area contributed by atoms with E-state index in [0.29, 0.717) is 0 Å². The SMILES string of the molecule is CCCCCCCCCCCCCCC(=O)[O-].CCCCCCCCCCCCCCC(=O)[O-].[Zr+2]. The predicted molar refractivity (Wildman–Crippen MR) is 141 cm³/mol. The number of carboxylic acid groups (broad SMARTS) is 2. The second-order valence-electron chi connectivity index (χ2n) is 10.0. The minimum atomic E-state index is -0.905. The van der Waals surface area contributed by atoms with Crippen molar-refractivity contribution < 1.29 is 46.0 Å². The third-order valence-electron chi connectivity index (χ3n) is 6.47. The van der Waals surface area contributed by atoms with E-state index in [2.05, 4.69) is 13.8 Å². The molecule has 0 rings (SSSR count). The van der Waals surface area contributed by atoms with Gasteiger partial charge in [-0.3, -0.25) is 0 Å². The van der Waals surface area contributed by atoms with Crippen LogP contribution >= 0.6 is 0 Å². The van der Waals surface area contributed by atoms with E-state index in [-0.39, 0.29) is 39.0 Å². The summed E-state index contributed by atoms with van der Waals surface area (Å²) in [5.41, 5.74) is 0. The fourth-order valence-corrected chi connectivity index (χ4v) is 4.22. The summed E-state index contributed by atoms with van der Waals surface area (Å²) >= 11 is 0. The molecule has 0 atom stereocenters. The summed E-state index contributed by atoms with van der Waals surface area (Å²) in [6, 6.07) is 0. The Hall–Kier alpha value is -0.177. The van der Waals surface area contributed by atoms with Crippen LogP contribution in [0.1, 0.15) is 181 Å². The van der Waals surface area contributed by atoms with Crippen molar-refractivity contribution in [3.63, 3.8) is 0 Å². The van der Waals surface area contributed by atoms with E-state index in [4.69, 9.17) is 0 Å². The quantitative estimate of drug-likeness (QED) is 0.0995. The molecule has 0 amide bonds. The summed E-state index contributed by atoms with van der Waals surface area (Å²) in [5, 5.41) is 20.3. The Bertz CT molecular complexity index is 377. The van der Waals surface area contributed by atoms with Crippen LogP contribution in [0.25, 0.3) is 0 Å². The topological polar surface area (TPSA) is 80.3 Å². The Morgan fingerprint density at radius 1 is 0.371 bits per heavy atom. The van der Waals surface area contributed by atoms with Gasteiger partial charge in [-0.15, -0.1) is 0 Å². The molecular weight excluding hydrogens is 516 g/mol. The van der Waals surface area contributed by atoms with Crippen LogP contribution in [0.2, 0.25) is 0 Å². The van der Waals surface area contributed by atoms with Gasteiger partial charge in [-0.1, -0.05) is 155 Å². The Labute approximate surface area is 237 Å². The van der Waals surface area contributed by atoms with Crippen molar-refractivity contribution in [2.24, 2.45) is 0 Å². The van der Waals surface area contributed by atoms with E-state index in [9.17, 15) is 19.8 Å². The Balaban J connectivity index is -0.000000569. The summed E-state index contributed by atoms with van der Waals surface area (Å²) in [6.07, 6.45) is 31.0. The van der Waals surface area contributed by atoms with Crippen molar-refractivity contribution in [1.29, 1.82) is 0 Å². The largest absolute Gasteiger partial charge is 2.00 e. The van der Waals surface area contributed by atoms with Gasteiger partial charge in [0.2, 0.25) is 0 Å². The number of aliphatic carboxylic acids is 2. The van der Waals surface area contributed by atoms with E-state index in [1.54, 1.807) is 0 Å². The number of carbonyl (C=O) groups is 2. The van der Waals surface area contributed by atoms with E-state index in [0.717, 1.165) is 25.7 Å². The number of rotatable bonds is 26. The Morgan fingerprint density at radius 3 is 0.714 bits per heavy atom. The van der Waals surface area contributed by atoms with Crippen LogP contribution in [0.4, 0.5) is 0 Å². The van der Waals surface area contributed by atoms with Gasteiger partial charge in [-0.2, -0.15) is 0 Å². The molecule has 0 aliphatic heterocycles. The van der Waals surface area contributed by atoms with E-state index in [1.165, 1.54) is 128 Å². The molecule has 0 radical (unpaired) electrons. The number of unbranched alkanes of at least 4 members (excludes halogenated alkanes) is 22. The van der Waals surface area contributed by atoms with Gasteiger partial charge in [0.15, 0.2) is 0 Å². The molecule has 0 N–H and O–H groups in total. The summed E-state index contributed by atoms with van der Waals surface area (Å²) in [4.78, 5) is 20.3. The zero-order chi connectivity index (χ0) is 25.5. The van der Waals surface area contributed by atoms with E-state index < -0.39 is 11.9 Å². The molecule has 0 fully saturated rings. The second-order valence-corrected chi connectivity index (χ2v) is 10.0. The van der Waals surface area contributed by atoms with Crippen LogP contribution in [-0.4, -0.2) is 11.9 Å². The number of hydrogen-bond donors (Lipinski definition) is 0. The molecule has 0 saturated carbocycles. The van der Waals surface area contributed by atoms with Gasteiger partial charge in [-0.05, 0) is 25.7 Å². The summed E-state index contributed by atoms with van der Waals surface area (Å²) in [6.45, 7) is 4.50. The van der Waals surface area contributed by atoms with Crippen molar-refractivity contribution in [2.75, 3.05) is 0 Å². The van der Waals surface area contributed by atoms with Crippen LogP contribution in [0, 0.1) is 0 Å². The third-order valence-corrected chi connectivity index (χ3v) is 6.47. The van der Waals surface area contributed by atoms with Crippen molar-refractivity contribution in [2.45, 2.75) is 181 Å². The van der Waals surface area contributed by atoms with Crippen molar-refractivity contribution in [3.8, 4) is 0 Å². The minimum absolute atomic E-state index is 0. The third kappa shape index (κ3) is 44.2. The molecule has 0 saturated heterocycles. The zero-order valence-corrected chi connectivity index (χ0v) is 26.0. The summed E-state index contributed by atoms with van der Waals surface area (Å²) < 4.78 is 0. The standard InChI is InChI=1S/2C15H30O2.Zr/c2*1-2-3-4-5-6-7-8-9-10-11-12-13-14-15(16)17;/h2*2-14H2,1H3,(H,16,17);/q;;+2/p-2. The van der Waals surface area contributed by atoms with Gasteiger partial charge in [0, 0.05) is 11.9 Å². The van der Waals surface area contributed by atoms with Crippen LogP contribution in [-0.2, 0) is 35.8 Å². The summed E-state index contributed by atoms with van der Waals surface area (Å²) in [7, 11) is 0. The minimum Gasteiger partial charge on any atom is -0.550 e. The molecule has 0 aromatic carbocycles. The van der Waals surface area contributed by atoms with Gasteiger partial charge in [0.1, 0.15) is 0 Å². The second kappa shape index (κ2) is 36.0. The smallest absolute Gasteiger partial charge is 0.550 e. The van der Waals surface area contributed by atoms with E-state index in [1.807, 2.05) is 0 Å². The van der Waals surface area contributed by atoms with Crippen molar-refractivity contribution in [1.82, 2.24) is 0 Å². The molecular formula is C30H58O4Zr. The van der Waals surface area contributed by atoms with Crippen molar-refractivity contribution in [3.05, 3.63) is 0 Å². The molecule has 0 aromatic rings. The molecule has 5 heteroatoms. The fraction of sp³-hybridized carbons (Fsp3) is 0.933. The average Bonchev–Trinajstić information content (AvgIpc) is 2.80. The first-order valence-corrected chi connectivity index (χ1v) is 14.9. The van der Waals surface area contributed by atoms with Gasteiger partial charge in [-0.25, -0.2) is 0 Å². The number of hydrogen-bond acceptors (Lipinski definition) is 4. The molecule has 0 aliphatic carbocycles. The van der Waals surface area contributed by atoms with E-state index >= 15 is 0 Å². The first-order chi connectivity index (χ1) is 16.5. The first kappa shape index (κ1) is 39.3. The molecule has 206 valence electrons. The monoisotopic (exact) mass is 572 g/mol. The predicted octanol–water partition coefficient (Wildman–Crippen LogP) is 7.65. The van der Waals surface area contributed by atoms with Gasteiger partial charge >= 0.3 is 26.2 Å². The summed E-state index contributed by atoms with van der Waals surface area (Å²) in [5.74, 6) is -1.81. The maximum atomic E-state index is 10.2. The normalized spacial score (nSPS) is 10.3. The van der Waals surface area contributed by atoms with Gasteiger partial charge < -0.3 is 19.8 Å². The maximum Gasteiger partial charge on any atom is 2.00 e. The maximum absolute atomic E-state index is 10.2. The molecule has 0 unspecified atom stereocenters. The van der Waals surface area contributed by atoms with Crippen LogP contribution in [0.3, 0.4) is 0 Å². The number of carbonyl (C=O) groups excluding carboxylic acids is 2. The molecule has 35 heavy (non-hydrogen) atoms. The molecule has 0 aliphatic rings. The van der Waals surface area contributed by atoms with Crippen LogP contribution in [0.5, 0.6) is 0 Å². The fourth-order valence-electron chi connectivity index (χ4n) is 4.22. The Kier molecular flexibility index (Phi) is 40.4. The molecule has 0 heterocycles. The number of carboxylic acids is 2. The molecule has 0 aromatic heterocycles. The molecule has 0 bridgehead atoms. The Morgan fingerprint density at radius 2 is 0.543 bits per heavy atom. The molecule has 4 nitrogen and oxygen atoms in total.